The largest absolute Gasteiger partial charge is 0.461 e. The molecule has 0 spiro atoms. The average Bonchev–Trinajstić information content (AvgIpc) is 3.36. The van der Waals surface area contributed by atoms with E-state index in [1.54, 1.807) is 12.3 Å². The van der Waals surface area contributed by atoms with Crippen LogP contribution in [0.5, 0.6) is 0 Å². The van der Waals surface area contributed by atoms with Gasteiger partial charge in [-0.3, -0.25) is 4.79 Å². The monoisotopic (exact) mass is 387 g/mol. The highest BCUT2D eigenvalue weighted by molar-refractivity contribution is 7.99. The highest BCUT2D eigenvalue weighted by Gasteiger charge is 2.60. The molecule has 8 heteroatoms. The molecule has 27 heavy (non-hydrogen) atoms. The van der Waals surface area contributed by atoms with Crippen LogP contribution in [0, 0.1) is 16.7 Å². The standard InChI is InChI=1S/C19H25N5O2S/c1-18(2)12-7-8-19(18,3)14(10-12)20-21-15(25)11-27-17-23-22-16(24(17)4)13-6-5-9-26-13/h5-6,9,12H,7-8,10-11H2,1-4H3,(H,21,25)/b20-14+/t12-,19+/m0/s1. The van der Waals surface area contributed by atoms with Gasteiger partial charge in [0.05, 0.1) is 12.0 Å². The fourth-order valence-electron chi connectivity index (χ4n) is 4.45. The third-order valence-electron chi connectivity index (χ3n) is 6.74. The Morgan fingerprint density at radius 3 is 2.89 bits per heavy atom. The Kier molecular flexibility index (Phi) is 4.41. The van der Waals surface area contributed by atoms with Gasteiger partial charge in [-0.2, -0.15) is 5.10 Å². The van der Waals surface area contributed by atoms with Crippen molar-refractivity contribution in [2.45, 2.75) is 45.2 Å². The SMILES string of the molecule is Cn1c(SCC(=O)N/N=C2\C[C@@H]3CC[C@@]2(C)C3(C)C)nnc1-c1ccco1. The van der Waals surface area contributed by atoms with Gasteiger partial charge in [-0.15, -0.1) is 10.2 Å². The first-order valence-corrected chi connectivity index (χ1v) is 10.2. The lowest BCUT2D eigenvalue weighted by Gasteiger charge is -2.34. The molecule has 2 atom stereocenters. The number of hydrazone groups is 1. The molecule has 0 aliphatic heterocycles. The van der Waals surface area contributed by atoms with Crippen molar-refractivity contribution in [2.24, 2.45) is 28.9 Å². The molecule has 144 valence electrons. The molecule has 2 aromatic heterocycles. The molecule has 0 aromatic carbocycles. The summed E-state index contributed by atoms with van der Waals surface area (Å²) in [5.74, 6) is 2.08. The number of aromatic nitrogens is 3. The highest BCUT2D eigenvalue weighted by Crippen LogP contribution is 2.63. The smallest absolute Gasteiger partial charge is 0.250 e. The fraction of sp³-hybridized carbons (Fsp3) is 0.579. The number of nitrogens with zero attached hydrogens (tertiary/aromatic N) is 4. The van der Waals surface area contributed by atoms with E-state index < -0.39 is 0 Å². The molecule has 2 saturated carbocycles. The van der Waals surface area contributed by atoms with E-state index in [2.05, 4.69) is 41.5 Å². The summed E-state index contributed by atoms with van der Waals surface area (Å²) in [5, 5.41) is 13.4. The minimum atomic E-state index is -0.126. The van der Waals surface area contributed by atoms with E-state index in [-0.39, 0.29) is 22.5 Å². The number of fused-ring (bicyclic) bond motifs is 2. The van der Waals surface area contributed by atoms with Gasteiger partial charge in [0.15, 0.2) is 16.7 Å². The fourth-order valence-corrected chi connectivity index (χ4v) is 5.15. The lowest BCUT2D eigenvalue weighted by molar-refractivity contribution is -0.118. The van der Waals surface area contributed by atoms with Crippen LogP contribution in [-0.2, 0) is 11.8 Å². The maximum Gasteiger partial charge on any atom is 0.250 e. The molecule has 2 aliphatic carbocycles. The van der Waals surface area contributed by atoms with E-state index in [1.807, 2.05) is 17.7 Å². The van der Waals surface area contributed by atoms with E-state index in [0.29, 0.717) is 22.7 Å². The van der Waals surface area contributed by atoms with Crippen LogP contribution in [0.1, 0.15) is 40.0 Å². The number of hydrogen-bond donors (Lipinski definition) is 1. The van der Waals surface area contributed by atoms with Gasteiger partial charge < -0.3 is 8.98 Å². The molecule has 2 bridgehead atoms. The minimum Gasteiger partial charge on any atom is -0.461 e. The zero-order valence-corrected chi connectivity index (χ0v) is 17.0. The van der Waals surface area contributed by atoms with Crippen molar-refractivity contribution in [1.82, 2.24) is 20.2 Å². The Hall–Kier alpha value is -2.09. The Bertz CT molecular complexity index is 886. The van der Waals surface area contributed by atoms with Crippen molar-refractivity contribution in [2.75, 3.05) is 5.75 Å². The van der Waals surface area contributed by atoms with Crippen molar-refractivity contribution in [3.63, 3.8) is 0 Å². The third kappa shape index (κ3) is 2.90. The van der Waals surface area contributed by atoms with Crippen molar-refractivity contribution in [1.29, 1.82) is 0 Å². The normalized spacial score (nSPS) is 27.4. The maximum atomic E-state index is 12.3. The van der Waals surface area contributed by atoms with Crippen molar-refractivity contribution in [3.05, 3.63) is 18.4 Å². The van der Waals surface area contributed by atoms with E-state index in [9.17, 15) is 4.79 Å². The molecule has 7 nitrogen and oxygen atoms in total. The van der Waals surface area contributed by atoms with Gasteiger partial charge in [-0.1, -0.05) is 32.5 Å². The number of carbonyl (C=O) groups excluding carboxylic acids is 1. The summed E-state index contributed by atoms with van der Waals surface area (Å²) in [7, 11) is 1.86. The number of hydrogen-bond acceptors (Lipinski definition) is 6. The summed E-state index contributed by atoms with van der Waals surface area (Å²) in [6.07, 6.45) is 5.01. The molecule has 1 amide bonds. The van der Waals surface area contributed by atoms with Gasteiger partial charge in [-0.25, -0.2) is 5.43 Å². The summed E-state index contributed by atoms with van der Waals surface area (Å²) in [6.45, 7) is 6.94. The first-order valence-electron chi connectivity index (χ1n) is 9.25. The summed E-state index contributed by atoms with van der Waals surface area (Å²) in [4.78, 5) is 12.3. The molecule has 2 heterocycles. The van der Waals surface area contributed by atoms with E-state index in [4.69, 9.17) is 4.42 Å². The van der Waals surface area contributed by atoms with Gasteiger partial charge in [0.2, 0.25) is 0 Å². The molecule has 4 rings (SSSR count). The Morgan fingerprint density at radius 2 is 2.26 bits per heavy atom. The summed E-state index contributed by atoms with van der Waals surface area (Å²) < 4.78 is 7.18. The quantitative estimate of drug-likeness (QED) is 0.627. The zero-order valence-electron chi connectivity index (χ0n) is 16.2. The first-order chi connectivity index (χ1) is 12.8. The molecular weight excluding hydrogens is 362 g/mol. The van der Waals surface area contributed by atoms with Crippen LogP contribution in [0.4, 0.5) is 0 Å². The predicted molar refractivity (Wildman–Crippen MR) is 104 cm³/mol. The predicted octanol–water partition coefficient (Wildman–Crippen LogP) is 3.49. The molecule has 2 aromatic rings. The molecule has 0 radical (unpaired) electrons. The summed E-state index contributed by atoms with van der Waals surface area (Å²) in [5.41, 5.74) is 4.24. The van der Waals surface area contributed by atoms with Crippen LogP contribution in [0.15, 0.2) is 33.1 Å². The Morgan fingerprint density at radius 1 is 1.44 bits per heavy atom. The second kappa shape index (κ2) is 6.51. The number of rotatable bonds is 5. The second-order valence-electron chi connectivity index (χ2n) is 8.22. The van der Waals surface area contributed by atoms with E-state index >= 15 is 0 Å². The van der Waals surface area contributed by atoms with Gasteiger partial charge in [0.1, 0.15) is 0 Å². The molecule has 0 saturated heterocycles. The maximum absolute atomic E-state index is 12.3. The molecule has 2 aliphatic rings. The zero-order chi connectivity index (χ0) is 19.2. The van der Waals surface area contributed by atoms with Crippen molar-refractivity contribution >= 4 is 23.4 Å². The Labute approximate surface area is 163 Å². The van der Waals surface area contributed by atoms with Crippen LogP contribution < -0.4 is 5.43 Å². The summed E-state index contributed by atoms with van der Waals surface area (Å²) >= 11 is 1.34. The number of carbonyl (C=O) groups is 1. The number of nitrogens with one attached hydrogen (secondary N) is 1. The van der Waals surface area contributed by atoms with Gasteiger partial charge in [-0.05, 0) is 42.7 Å². The van der Waals surface area contributed by atoms with Crippen LogP contribution in [0.25, 0.3) is 11.6 Å². The number of furan rings is 1. The lowest BCUT2D eigenvalue weighted by atomic mass is 9.70. The van der Waals surface area contributed by atoms with Crippen LogP contribution in [0.2, 0.25) is 0 Å². The third-order valence-corrected chi connectivity index (χ3v) is 7.76. The summed E-state index contributed by atoms with van der Waals surface area (Å²) in [6, 6.07) is 3.64. The highest BCUT2D eigenvalue weighted by atomic mass is 32.2. The van der Waals surface area contributed by atoms with E-state index in [1.165, 1.54) is 18.2 Å². The van der Waals surface area contributed by atoms with Gasteiger partial charge in [0.25, 0.3) is 5.91 Å². The number of thioether (sulfide) groups is 1. The topological polar surface area (TPSA) is 85.3 Å². The first kappa shape index (κ1) is 18.3. The van der Waals surface area contributed by atoms with Crippen molar-refractivity contribution in [3.8, 4) is 11.6 Å². The van der Waals surface area contributed by atoms with Crippen LogP contribution in [0.3, 0.4) is 0 Å². The van der Waals surface area contributed by atoms with Crippen molar-refractivity contribution < 1.29 is 9.21 Å². The molecule has 2 fully saturated rings. The number of amides is 1. The molecular formula is C19H25N5O2S. The molecule has 0 unspecified atom stereocenters. The van der Waals surface area contributed by atoms with Gasteiger partial charge >= 0.3 is 0 Å². The Balaban J connectivity index is 1.36. The molecule has 1 N–H and O–H groups in total. The lowest BCUT2D eigenvalue weighted by Crippen LogP contribution is -2.34. The minimum absolute atomic E-state index is 0.0969. The van der Waals surface area contributed by atoms with Crippen LogP contribution in [-0.4, -0.2) is 32.1 Å². The average molecular weight is 388 g/mol. The van der Waals surface area contributed by atoms with Crippen LogP contribution >= 0.6 is 11.8 Å². The second-order valence-corrected chi connectivity index (χ2v) is 9.16. The van der Waals surface area contributed by atoms with Gasteiger partial charge in [0, 0.05) is 18.2 Å². The van der Waals surface area contributed by atoms with E-state index in [0.717, 1.165) is 18.6 Å².